The fourth-order valence-electron chi connectivity index (χ4n) is 1.50. The van der Waals surface area contributed by atoms with Crippen LogP contribution in [-0.2, 0) is 6.61 Å². The minimum Gasteiger partial charge on any atom is -0.488 e. The van der Waals surface area contributed by atoms with E-state index in [9.17, 15) is 5.11 Å². The van der Waals surface area contributed by atoms with Crippen molar-refractivity contribution in [3.63, 3.8) is 0 Å². The normalized spacial score (nSPS) is 12.4. The number of hydrogen-bond donors (Lipinski definition) is 1. The van der Waals surface area contributed by atoms with E-state index in [4.69, 9.17) is 4.74 Å². The van der Waals surface area contributed by atoms with Gasteiger partial charge in [-0.05, 0) is 24.4 Å². The molecular formula is C13H14O2S. The van der Waals surface area contributed by atoms with Crippen LogP contribution in [0.2, 0.25) is 0 Å². The molecule has 1 heterocycles. The Kier molecular flexibility index (Phi) is 3.59. The van der Waals surface area contributed by atoms with Crippen molar-refractivity contribution in [2.75, 3.05) is 0 Å². The fraction of sp³-hybridized carbons (Fsp3) is 0.231. The number of aliphatic hydroxyl groups excluding tert-OH is 1. The van der Waals surface area contributed by atoms with Crippen molar-refractivity contribution in [1.29, 1.82) is 0 Å². The molecule has 0 spiro atoms. The van der Waals surface area contributed by atoms with Crippen LogP contribution in [0.25, 0.3) is 0 Å². The molecule has 2 rings (SSSR count). The van der Waals surface area contributed by atoms with Crippen LogP contribution in [0.5, 0.6) is 5.75 Å². The molecule has 0 saturated heterocycles. The Morgan fingerprint density at radius 1 is 1.25 bits per heavy atom. The minimum atomic E-state index is -0.500. The van der Waals surface area contributed by atoms with Gasteiger partial charge in [-0.15, -0.1) is 11.3 Å². The zero-order valence-corrected chi connectivity index (χ0v) is 9.91. The first-order chi connectivity index (χ1) is 7.77. The van der Waals surface area contributed by atoms with Gasteiger partial charge in [0.05, 0.1) is 6.10 Å². The molecule has 0 radical (unpaired) electrons. The summed E-state index contributed by atoms with van der Waals surface area (Å²) in [5.74, 6) is 0.755. The average Bonchev–Trinajstić information content (AvgIpc) is 2.79. The van der Waals surface area contributed by atoms with Gasteiger partial charge in [-0.1, -0.05) is 24.3 Å². The van der Waals surface area contributed by atoms with Crippen molar-refractivity contribution >= 4 is 11.3 Å². The second-order valence-corrected chi connectivity index (χ2v) is 4.61. The summed E-state index contributed by atoms with van der Waals surface area (Å²) < 4.78 is 5.69. The number of aliphatic hydroxyl groups is 1. The number of ether oxygens (including phenoxy) is 1. The predicted octanol–water partition coefficient (Wildman–Crippen LogP) is 3.38. The first kappa shape index (κ1) is 11.2. The largest absolute Gasteiger partial charge is 0.488 e. The molecule has 2 aromatic rings. The van der Waals surface area contributed by atoms with E-state index in [1.165, 1.54) is 4.88 Å². The number of thiophene rings is 1. The molecule has 0 aliphatic rings. The maximum Gasteiger partial charge on any atom is 0.125 e. The van der Waals surface area contributed by atoms with Crippen molar-refractivity contribution in [2.24, 2.45) is 0 Å². The number of hydrogen-bond acceptors (Lipinski definition) is 3. The molecule has 1 atom stereocenters. The van der Waals surface area contributed by atoms with Crippen LogP contribution in [0.15, 0.2) is 41.8 Å². The molecule has 0 fully saturated rings. The van der Waals surface area contributed by atoms with Gasteiger partial charge in [-0.2, -0.15) is 0 Å². The van der Waals surface area contributed by atoms with Crippen molar-refractivity contribution < 1.29 is 9.84 Å². The minimum absolute atomic E-state index is 0.500. The zero-order valence-electron chi connectivity index (χ0n) is 9.09. The van der Waals surface area contributed by atoms with Crippen LogP contribution < -0.4 is 4.74 Å². The molecule has 0 aliphatic carbocycles. The van der Waals surface area contributed by atoms with Crippen molar-refractivity contribution in [2.45, 2.75) is 19.6 Å². The quantitative estimate of drug-likeness (QED) is 0.878. The number of rotatable bonds is 4. The van der Waals surface area contributed by atoms with Gasteiger partial charge < -0.3 is 9.84 Å². The van der Waals surface area contributed by atoms with E-state index in [2.05, 4.69) is 0 Å². The van der Waals surface area contributed by atoms with Crippen molar-refractivity contribution in [3.05, 3.63) is 52.2 Å². The van der Waals surface area contributed by atoms with Crippen LogP contribution >= 0.6 is 11.3 Å². The van der Waals surface area contributed by atoms with E-state index < -0.39 is 6.10 Å². The van der Waals surface area contributed by atoms with Crippen molar-refractivity contribution in [3.8, 4) is 5.75 Å². The van der Waals surface area contributed by atoms with Gasteiger partial charge in [0.25, 0.3) is 0 Å². The third-order valence-corrected chi connectivity index (χ3v) is 3.17. The Hall–Kier alpha value is -1.32. The Labute approximate surface area is 99.1 Å². The Morgan fingerprint density at radius 2 is 2.06 bits per heavy atom. The highest BCUT2D eigenvalue weighted by molar-refractivity contribution is 7.09. The van der Waals surface area contributed by atoms with E-state index in [1.54, 1.807) is 18.3 Å². The predicted molar refractivity (Wildman–Crippen MR) is 65.7 cm³/mol. The standard InChI is InChI=1S/C13H14O2S/c1-10(14)12-6-2-3-7-13(12)15-9-11-5-4-8-16-11/h2-8,10,14H,9H2,1H3/t10-/m1/s1. The van der Waals surface area contributed by atoms with E-state index in [0.717, 1.165) is 11.3 Å². The maximum absolute atomic E-state index is 9.58. The fourth-order valence-corrected chi connectivity index (χ4v) is 2.12. The molecule has 2 nitrogen and oxygen atoms in total. The van der Waals surface area contributed by atoms with E-state index in [-0.39, 0.29) is 0 Å². The summed E-state index contributed by atoms with van der Waals surface area (Å²) in [6, 6.07) is 11.6. The van der Waals surface area contributed by atoms with Crippen LogP contribution in [0.1, 0.15) is 23.5 Å². The highest BCUT2D eigenvalue weighted by Crippen LogP contribution is 2.25. The molecule has 0 amide bonds. The molecule has 1 N–H and O–H groups in total. The van der Waals surface area contributed by atoms with Gasteiger partial charge in [0.1, 0.15) is 12.4 Å². The smallest absolute Gasteiger partial charge is 0.125 e. The van der Waals surface area contributed by atoms with Crippen LogP contribution in [0.3, 0.4) is 0 Å². The van der Waals surface area contributed by atoms with Gasteiger partial charge in [-0.25, -0.2) is 0 Å². The topological polar surface area (TPSA) is 29.5 Å². The van der Waals surface area contributed by atoms with Crippen LogP contribution in [0, 0.1) is 0 Å². The monoisotopic (exact) mass is 234 g/mol. The molecule has 84 valence electrons. The molecule has 0 aliphatic heterocycles. The lowest BCUT2D eigenvalue weighted by molar-refractivity contribution is 0.190. The Balaban J connectivity index is 2.09. The third kappa shape index (κ3) is 2.62. The van der Waals surface area contributed by atoms with Gasteiger partial charge in [0.15, 0.2) is 0 Å². The maximum atomic E-state index is 9.58. The summed E-state index contributed by atoms with van der Waals surface area (Å²) in [6.45, 7) is 2.30. The first-order valence-electron chi connectivity index (χ1n) is 5.19. The third-order valence-electron chi connectivity index (χ3n) is 2.32. The summed E-state index contributed by atoms with van der Waals surface area (Å²) >= 11 is 1.67. The Morgan fingerprint density at radius 3 is 2.75 bits per heavy atom. The molecule has 0 bridgehead atoms. The SMILES string of the molecule is C[C@@H](O)c1ccccc1OCc1cccs1. The average molecular weight is 234 g/mol. The van der Waals surface area contributed by atoms with Gasteiger partial charge >= 0.3 is 0 Å². The lowest BCUT2D eigenvalue weighted by Gasteiger charge is -2.12. The van der Waals surface area contributed by atoms with Crippen LogP contribution in [-0.4, -0.2) is 5.11 Å². The second kappa shape index (κ2) is 5.14. The van der Waals surface area contributed by atoms with Crippen molar-refractivity contribution in [1.82, 2.24) is 0 Å². The highest BCUT2D eigenvalue weighted by Gasteiger charge is 2.08. The summed E-state index contributed by atoms with van der Waals surface area (Å²) in [5, 5.41) is 11.6. The molecule has 3 heteroatoms. The van der Waals surface area contributed by atoms with Gasteiger partial charge in [-0.3, -0.25) is 0 Å². The first-order valence-corrected chi connectivity index (χ1v) is 6.07. The molecule has 0 saturated carbocycles. The second-order valence-electron chi connectivity index (χ2n) is 3.58. The molecule has 16 heavy (non-hydrogen) atoms. The van der Waals surface area contributed by atoms with Gasteiger partial charge in [0, 0.05) is 10.4 Å². The molecule has 1 aromatic heterocycles. The summed E-state index contributed by atoms with van der Waals surface area (Å²) in [7, 11) is 0. The molecule has 1 aromatic carbocycles. The Bertz CT molecular complexity index is 435. The summed E-state index contributed by atoms with van der Waals surface area (Å²) in [4.78, 5) is 1.18. The van der Waals surface area contributed by atoms with Crippen LogP contribution in [0.4, 0.5) is 0 Å². The molecular weight excluding hydrogens is 220 g/mol. The molecule has 0 unspecified atom stereocenters. The van der Waals surface area contributed by atoms with E-state index in [0.29, 0.717) is 6.61 Å². The van der Waals surface area contributed by atoms with Gasteiger partial charge in [0.2, 0.25) is 0 Å². The van der Waals surface area contributed by atoms with E-state index >= 15 is 0 Å². The highest BCUT2D eigenvalue weighted by atomic mass is 32.1. The lowest BCUT2D eigenvalue weighted by Crippen LogP contribution is -1.99. The zero-order chi connectivity index (χ0) is 11.4. The summed E-state index contributed by atoms with van der Waals surface area (Å²) in [6.07, 6.45) is -0.500. The lowest BCUT2D eigenvalue weighted by atomic mass is 10.1. The number of para-hydroxylation sites is 1. The van der Waals surface area contributed by atoms with E-state index in [1.807, 2.05) is 41.8 Å². The number of benzene rings is 1. The summed E-state index contributed by atoms with van der Waals surface area (Å²) in [5.41, 5.74) is 0.832.